The fraction of sp³-hybridized carbons (Fsp3) is 0.400. The summed E-state index contributed by atoms with van der Waals surface area (Å²) in [4.78, 5) is 73.0. The third kappa shape index (κ3) is 6.77. The molecule has 0 aromatic carbocycles. The molecule has 2 unspecified atom stereocenters. The van der Waals surface area contributed by atoms with Crippen LogP contribution < -0.4 is 11.4 Å². The first-order valence-electron chi connectivity index (χ1n) is 11.0. The van der Waals surface area contributed by atoms with Gasteiger partial charge in [0.25, 0.3) is 5.71 Å². The quantitative estimate of drug-likeness (QED) is 0.0518. The molecule has 2 saturated heterocycles. The molecule has 0 bridgehead atoms. The normalized spacial score (nSPS) is 29.3. The molecule has 242 valence electrons. The van der Waals surface area contributed by atoms with E-state index in [1.54, 1.807) is 0 Å². The summed E-state index contributed by atoms with van der Waals surface area (Å²) in [6, 6.07) is 1.08. The first-order valence-corrected chi connectivity index (χ1v) is 15.6. The summed E-state index contributed by atoms with van der Waals surface area (Å²) >= 11 is 0. The number of hydrogen-bond donors (Lipinski definition) is 6. The second kappa shape index (κ2) is 11.5. The van der Waals surface area contributed by atoms with Gasteiger partial charge < -0.3 is 44.7 Å². The molecule has 1 aromatic rings. The number of allylic oxidation sites excluding steroid dienone is 2. The predicted octanol–water partition coefficient (Wildman–Crippen LogP) is -1.78. The second-order valence-corrected chi connectivity index (χ2v) is 13.0. The molecule has 4 rings (SSSR count). The largest absolute Gasteiger partial charge is 0.490 e. The molecule has 0 amide bonds. The molecule has 1 spiro atoms. The van der Waals surface area contributed by atoms with Crippen molar-refractivity contribution in [1.29, 1.82) is 0 Å². The van der Waals surface area contributed by atoms with Crippen molar-refractivity contribution in [1.82, 2.24) is 9.55 Å². The van der Waals surface area contributed by atoms with Gasteiger partial charge in [-0.25, -0.2) is 18.5 Å². The fourth-order valence-corrected chi connectivity index (χ4v) is 7.21. The minimum absolute atomic E-state index is 0.274. The molecule has 29 heteroatoms. The van der Waals surface area contributed by atoms with Crippen LogP contribution >= 0.6 is 23.5 Å². The van der Waals surface area contributed by atoms with Gasteiger partial charge in [0.15, 0.2) is 6.23 Å². The Hall–Kier alpha value is -3.48. The number of nitrogens with zero attached hydrogens (tertiary/aromatic N) is 5. The molecule has 1 aromatic heterocycles. The van der Waals surface area contributed by atoms with E-state index < -0.39 is 97.9 Å². The third-order valence-electron chi connectivity index (χ3n) is 5.69. The van der Waals surface area contributed by atoms with Crippen molar-refractivity contribution in [3.8, 4) is 0 Å². The average molecular weight is 694 g/mol. The summed E-state index contributed by atoms with van der Waals surface area (Å²) in [5, 5.41) is 44.6. The van der Waals surface area contributed by atoms with Gasteiger partial charge >= 0.3 is 46.3 Å². The van der Waals surface area contributed by atoms with Crippen LogP contribution in [0.5, 0.6) is 0 Å². The Morgan fingerprint density at radius 3 is 2.07 bits per heavy atom. The summed E-state index contributed by atoms with van der Waals surface area (Å²) in [6.07, 6.45) is -5.40. The number of phosphoric acid groups is 3. The van der Waals surface area contributed by atoms with E-state index in [0.29, 0.717) is 16.7 Å². The SMILES string of the molecule is Nc1ccn([C@@H]2O[C@H](COP(=O)(O)OP(=O)(O)OP(=O)(O)O)[C@H]3OC4(O[C@H]32)C([N+](=O)[O-])=CC(=[N+]([O-])O)C=C4[N+](=O)[O-])c(=O)n1. The molecule has 2 aliphatic heterocycles. The van der Waals surface area contributed by atoms with Crippen molar-refractivity contribution in [2.24, 2.45) is 0 Å². The lowest BCUT2D eigenvalue weighted by molar-refractivity contribution is -0.725. The van der Waals surface area contributed by atoms with Crippen molar-refractivity contribution < 1.29 is 80.6 Å². The first kappa shape index (κ1) is 33.4. The van der Waals surface area contributed by atoms with E-state index in [-0.39, 0.29) is 5.82 Å². The Morgan fingerprint density at radius 1 is 1.00 bits per heavy atom. The molecule has 6 atom stereocenters. The highest BCUT2D eigenvalue weighted by molar-refractivity contribution is 7.66. The molecule has 1 aliphatic carbocycles. The van der Waals surface area contributed by atoms with Crippen LogP contribution in [0.1, 0.15) is 6.23 Å². The van der Waals surface area contributed by atoms with Gasteiger partial charge in [-0.05, 0) is 6.07 Å². The lowest BCUT2D eigenvalue weighted by atomic mass is 10.0. The summed E-state index contributed by atoms with van der Waals surface area (Å²) in [5.41, 5.74) is 0.710. The predicted molar refractivity (Wildman–Crippen MR) is 130 cm³/mol. The number of nitrogens with two attached hydrogens (primary N) is 1. The van der Waals surface area contributed by atoms with E-state index >= 15 is 0 Å². The van der Waals surface area contributed by atoms with Crippen LogP contribution in [0, 0.1) is 25.4 Å². The number of ether oxygens (including phenoxy) is 3. The van der Waals surface area contributed by atoms with Crippen molar-refractivity contribution in [3.05, 3.63) is 71.7 Å². The summed E-state index contributed by atoms with van der Waals surface area (Å²) in [7, 11) is -17.5. The molecular weight excluding hydrogens is 677 g/mol. The average Bonchev–Trinajstić information content (AvgIpc) is 3.36. The van der Waals surface area contributed by atoms with Gasteiger partial charge in [-0.3, -0.25) is 34.5 Å². The van der Waals surface area contributed by atoms with Crippen LogP contribution in [0.25, 0.3) is 0 Å². The number of aromatic nitrogens is 2. The van der Waals surface area contributed by atoms with E-state index in [9.17, 15) is 58.9 Å². The smallest absolute Gasteiger partial charge is 0.417 e. The maximum absolute atomic E-state index is 12.6. The number of nitrogen functional groups attached to an aromatic ring is 1. The number of nitro groups is 2. The van der Waals surface area contributed by atoms with E-state index in [1.165, 1.54) is 0 Å². The number of fused-ring (bicyclic) bond motifs is 1. The van der Waals surface area contributed by atoms with Gasteiger partial charge in [-0.2, -0.15) is 13.6 Å². The van der Waals surface area contributed by atoms with E-state index in [0.717, 1.165) is 12.3 Å². The lowest BCUT2D eigenvalue weighted by Gasteiger charge is -2.27. The van der Waals surface area contributed by atoms with Gasteiger partial charge in [-0.1, -0.05) is 0 Å². The standard InChI is InChI=1S/C15H17N6O20P3/c16-10-1-2-18(14(22)17-10)13-12-11(7(37-13)5-36-43(32,33)41-44(34,35)40-42(29,30)31)38-15(39-12)8(20(25)26)3-6(19(23)24)4-9(15)21(27)28/h1-4,7,11-13H,5H2,(H,23,24)(H,32,33)(H,34,35)(H2,16,17,22)(H2,29,30,31)/t7-,11-,12-,13-/m1/s1. The van der Waals surface area contributed by atoms with Crippen molar-refractivity contribution in [2.75, 3.05) is 12.3 Å². The molecule has 44 heavy (non-hydrogen) atoms. The van der Waals surface area contributed by atoms with Crippen LogP contribution in [0.15, 0.2) is 40.6 Å². The highest BCUT2D eigenvalue weighted by Gasteiger charge is 2.70. The monoisotopic (exact) mass is 694 g/mol. The number of rotatable bonds is 10. The molecule has 2 fully saturated rings. The van der Waals surface area contributed by atoms with Crippen LogP contribution in [-0.2, 0) is 41.1 Å². The summed E-state index contributed by atoms with van der Waals surface area (Å²) in [6.45, 7) is -1.25. The topological polar surface area (TPSA) is 381 Å². The van der Waals surface area contributed by atoms with Crippen molar-refractivity contribution in [2.45, 2.75) is 30.3 Å². The van der Waals surface area contributed by atoms with E-state index in [4.69, 9.17) is 29.7 Å². The first-order chi connectivity index (χ1) is 20.1. The van der Waals surface area contributed by atoms with Gasteiger partial charge in [0.2, 0.25) is 0 Å². The summed E-state index contributed by atoms with van der Waals surface area (Å²) in [5.74, 6) is -3.35. The minimum Gasteiger partial charge on any atom is -0.417 e. The Kier molecular flexibility index (Phi) is 8.71. The van der Waals surface area contributed by atoms with Crippen molar-refractivity contribution in [3.63, 3.8) is 0 Å². The minimum atomic E-state index is -5.95. The van der Waals surface area contributed by atoms with Crippen molar-refractivity contribution >= 4 is 35.0 Å². The van der Waals surface area contributed by atoms with Crippen LogP contribution in [0.2, 0.25) is 0 Å². The molecule has 0 radical (unpaired) electrons. The Labute approximate surface area is 240 Å². The van der Waals surface area contributed by atoms with Gasteiger partial charge in [0.05, 0.1) is 28.6 Å². The van der Waals surface area contributed by atoms with E-state index in [1.807, 2.05) is 0 Å². The number of hydrogen-bond acceptors (Lipinski definition) is 18. The van der Waals surface area contributed by atoms with Crippen LogP contribution in [0.3, 0.4) is 0 Å². The second-order valence-electron chi connectivity index (χ2n) is 8.55. The molecule has 0 saturated carbocycles. The van der Waals surface area contributed by atoms with E-state index in [2.05, 4.69) is 18.1 Å². The number of phosphoric ester groups is 1. The van der Waals surface area contributed by atoms with Gasteiger partial charge in [0, 0.05) is 11.1 Å². The number of anilines is 1. The maximum atomic E-state index is 12.6. The van der Waals surface area contributed by atoms with Crippen LogP contribution in [-0.4, -0.2) is 85.5 Å². The lowest BCUT2D eigenvalue weighted by Crippen LogP contribution is -2.46. The molecular formula is C15H17N6O20P3. The van der Waals surface area contributed by atoms with Crippen LogP contribution in [0.4, 0.5) is 5.82 Å². The molecule has 3 heterocycles. The zero-order valence-electron chi connectivity index (χ0n) is 20.8. The highest BCUT2D eigenvalue weighted by Crippen LogP contribution is 2.66. The summed E-state index contributed by atoms with van der Waals surface area (Å²) < 4.78 is 64.0. The van der Waals surface area contributed by atoms with Gasteiger partial charge in [0.1, 0.15) is 24.1 Å². The maximum Gasteiger partial charge on any atom is 0.490 e. The zero-order valence-corrected chi connectivity index (χ0v) is 23.5. The Morgan fingerprint density at radius 2 is 1.57 bits per heavy atom. The zero-order chi connectivity index (χ0) is 33.0. The Bertz CT molecular complexity index is 1660. The fourth-order valence-electron chi connectivity index (χ4n) is 4.18. The molecule has 3 aliphatic rings. The molecule has 26 nitrogen and oxygen atoms in total. The third-order valence-corrected chi connectivity index (χ3v) is 9.49. The highest BCUT2D eigenvalue weighted by atomic mass is 31.3. The molecule has 7 N–H and O–H groups in total. The van der Waals surface area contributed by atoms with Gasteiger partial charge in [-0.15, -0.1) is 0 Å². The Balaban J connectivity index is 1.74.